The van der Waals surface area contributed by atoms with Crippen LogP contribution in [0, 0.1) is 0 Å². The van der Waals surface area contributed by atoms with Crippen LogP contribution in [0.2, 0.25) is 0 Å². The van der Waals surface area contributed by atoms with E-state index in [0.29, 0.717) is 6.54 Å². The van der Waals surface area contributed by atoms with Crippen molar-refractivity contribution in [3.05, 3.63) is 0 Å². The quantitative estimate of drug-likeness (QED) is 0.505. The Bertz CT molecular complexity index is 22.0. The van der Waals surface area contributed by atoms with Gasteiger partial charge in [0.25, 0.3) is 0 Å². The second kappa shape index (κ2) is 9.33. The van der Waals surface area contributed by atoms with Gasteiger partial charge in [0.05, 0.1) is 6.10 Å². The molecule has 7 heavy (non-hydrogen) atoms. The van der Waals surface area contributed by atoms with Crippen molar-refractivity contribution >= 4 is 0 Å². The Balaban J connectivity index is 0. The summed E-state index contributed by atoms with van der Waals surface area (Å²) in [6, 6.07) is 0. The summed E-state index contributed by atoms with van der Waals surface area (Å²) in [6.07, 6.45) is -0.338. The molecule has 0 amide bonds. The molecule has 0 aliphatic heterocycles. The zero-order valence-electron chi connectivity index (χ0n) is 5.31. The van der Waals surface area contributed by atoms with Gasteiger partial charge in [-0.1, -0.05) is 13.8 Å². The molecule has 0 spiro atoms. The molecule has 0 bridgehead atoms. The van der Waals surface area contributed by atoms with E-state index in [1.165, 1.54) is 0 Å². The molecule has 0 rings (SSSR count). The van der Waals surface area contributed by atoms with Gasteiger partial charge < -0.3 is 10.8 Å². The molecule has 0 saturated carbocycles. The molecule has 2 heteroatoms. The third kappa shape index (κ3) is 24.7. The average molecular weight is 105 g/mol. The van der Waals surface area contributed by atoms with Crippen molar-refractivity contribution in [3.8, 4) is 0 Å². The summed E-state index contributed by atoms with van der Waals surface area (Å²) >= 11 is 0. The predicted molar refractivity (Wildman–Crippen MR) is 32.1 cm³/mol. The molecule has 0 aliphatic carbocycles. The van der Waals surface area contributed by atoms with Crippen molar-refractivity contribution in [3.63, 3.8) is 0 Å². The second-order valence-electron chi connectivity index (χ2n) is 1.08. The number of aliphatic hydroxyl groups is 1. The molecule has 0 fully saturated rings. The standard InChI is InChI=1S/C3H9NO.C2H6/c1-3(5)2-4;1-2/h3,5H,2,4H2,1H3;1-2H3. The van der Waals surface area contributed by atoms with Crippen molar-refractivity contribution < 1.29 is 5.11 Å². The fourth-order valence-corrected chi connectivity index (χ4v) is 0. The van der Waals surface area contributed by atoms with Crippen LogP contribution >= 0.6 is 0 Å². The summed E-state index contributed by atoms with van der Waals surface area (Å²) in [7, 11) is 0. The van der Waals surface area contributed by atoms with Crippen molar-refractivity contribution in [2.24, 2.45) is 5.73 Å². The summed E-state index contributed by atoms with van der Waals surface area (Å²) in [4.78, 5) is 0. The number of hydrogen-bond acceptors (Lipinski definition) is 2. The van der Waals surface area contributed by atoms with E-state index in [1.54, 1.807) is 6.92 Å². The Hall–Kier alpha value is -0.0800. The summed E-state index contributed by atoms with van der Waals surface area (Å²) in [5.41, 5.74) is 4.92. The number of hydrogen-bond donors (Lipinski definition) is 2. The SMILES string of the molecule is CC.CC(O)CN. The van der Waals surface area contributed by atoms with Gasteiger partial charge in [-0.2, -0.15) is 0 Å². The lowest BCUT2D eigenvalue weighted by atomic mass is 10.4. The molecule has 0 aromatic carbocycles. The van der Waals surface area contributed by atoms with Crippen LogP contribution in [0.5, 0.6) is 0 Å². The molecule has 0 aromatic rings. The highest BCUT2D eigenvalue weighted by atomic mass is 16.3. The molecule has 0 aromatic heterocycles. The molecule has 0 saturated heterocycles. The van der Waals surface area contributed by atoms with E-state index in [1.807, 2.05) is 13.8 Å². The molecule has 3 N–H and O–H groups in total. The lowest BCUT2D eigenvalue weighted by Crippen LogP contribution is -2.14. The highest BCUT2D eigenvalue weighted by Crippen LogP contribution is 1.65. The lowest BCUT2D eigenvalue weighted by Gasteiger charge is -1.91. The third-order valence-corrected chi connectivity index (χ3v) is 0.341. The van der Waals surface area contributed by atoms with E-state index in [4.69, 9.17) is 10.8 Å². The Kier molecular flexibility index (Phi) is 13.3. The van der Waals surface area contributed by atoms with Crippen LogP contribution < -0.4 is 5.73 Å². The molecule has 0 aliphatic rings. The Labute approximate surface area is 45.3 Å². The van der Waals surface area contributed by atoms with Gasteiger partial charge >= 0.3 is 0 Å². The lowest BCUT2D eigenvalue weighted by molar-refractivity contribution is 0.203. The monoisotopic (exact) mass is 105 g/mol. The van der Waals surface area contributed by atoms with E-state index in [2.05, 4.69) is 0 Å². The number of aliphatic hydroxyl groups excluding tert-OH is 1. The molecule has 0 heterocycles. The van der Waals surface area contributed by atoms with Crippen LogP contribution in [-0.4, -0.2) is 17.8 Å². The van der Waals surface area contributed by atoms with E-state index < -0.39 is 0 Å². The van der Waals surface area contributed by atoms with Crippen LogP contribution in [-0.2, 0) is 0 Å². The summed E-state index contributed by atoms with van der Waals surface area (Å²) in [5.74, 6) is 0. The Morgan fingerprint density at radius 3 is 1.71 bits per heavy atom. The molecule has 1 unspecified atom stereocenters. The maximum Gasteiger partial charge on any atom is 0.0634 e. The van der Waals surface area contributed by atoms with E-state index >= 15 is 0 Å². The minimum Gasteiger partial charge on any atom is -0.392 e. The van der Waals surface area contributed by atoms with Crippen molar-refractivity contribution in [2.45, 2.75) is 26.9 Å². The van der Waals surface area contributed by atoms with E-state index in [0.717, 1.165) is 0 Å². The van der Waals surface area contributed by atoms with Crippen LogP contribution in [0.15, 0.2) is 0 Å². The first-order valence-corrected chi connectivity index (χ1v) is 2.65. The van der Waals surface area contributed by atoms with Crippen molar-refractivity contribution in [1.82, 2.24) is 0 Å². The summed E-state index contributed by atoms with van der Waals surface area (Å²) < 4.78 is 0. The second-order valence-corrected chi connectivity index (χ2v) is 1.08. The van der Waals surface area contributed by atoms with Gasteiger partial charge in [0.2, 0.25) is 0 Å². The van der Waals surface area contributed by atoms with Crippen LogP contribution in [0.4, 0.5) is 0 Å². The predicted octanol–water partition coefficient (Wildman–Crippen LogP) is 0.352. The van der Waals surface area contributed by atoms with Crippen molar-refractivity contribution in [2.75, 3.05) is 6.54 Å². The molecule has 46 valence electrons. The minimum atomic E-state index is -0.338. The summed E-state index contributed by atoms with van der Waals surface area (Å²) in [6.45, 7) is 6.01. The molecular formula is C5H15NO. The average Bonchev–Trinajstić information content (AvgIpc) is 1.73. The Morgan fingerprint density at radius 2 is 1.71 bits per heavy atom. The van der Waals surface area contributed by atoms with Crippen molar-refractivity contribution in [1.29, 1.82) is 0 Å². The van der Waals surface area contributed by atoms with E-state index in [9.17, 15) is 0 Å². The zero-order chi connectivity index (χ0) is 6.28. The minimum absolute atomic E-state index is 0.338. The first kappa shape index (κ1) is 10.0. The normalized spacial score (nSPS) is 11.6. The highest BCUT2D eigenvalue weighted by Gasteiger charge is 1.81. The van der Waals surface area contributed by atoms with Gasteiger partial charge in [0.15, 0.2) is 0 Å². The first-order chi connectivity index (χ1) is 3.27. The smallest absolute Gasteiger partial charge is 0.0634 e. The number of nitrogens with two attached hydrogens (primary N) is 1. The molecule has 1 atom stereocenters. The molecular weight excluding hydrogens is 90.1 g/mol. The van der Waals surface area contributed by atoms with Gasteiger partial charge in [0.1, 0.15) is 0 Å². The third-order valence-electron chi connectivity index (χ3n) is 0.341. The van der Waals surface area contributed by atoms with E-state index in [-0.39, 0.29) is 6.10 Å². The Morgan fingerprint density at radius 1 is 1.57 bits per heavy atom. The fraction of sp³-hybridized carbons (Fsp3) is 1.00. The first-order valence-electron chi connectivity index (χ1n) is 2.65. The van der Waals surface area contributed by atoms with Crippen LogP contribution in [0.3, 0.4) is 0 Å². The molecule has 0 radical (unpaired) electrons. The van der Waals surface area contributed by atoms with Gasteiger partial charge in [-0.3, -0.25) is 0 Å². The fourth-order valence-electron chi connectivity index (χ4n) is 0. The van der Waals surface area contributed by atoms with Crippen LogP contribution in [0.1, 0.15) is 20.8 Å². The van der Waals surface area contributed by atoms with Gasteiger partial charge in [-0.15, -0.1) is 0 Å². The molecule has 2 nitrogen and oxygen atoms in total. The topological polar surface area (TPSA) is 46.2 Å². The maximum absolute atomic E-state index is 8.24. The number of rotatable bonds is 1. The largest absolute Gasteiger partial charge is 0.392 e. The van der Waals surface area contributed by atoms with Crippen LogP contribution in [0.25, 0.3) is 0 Å². The zero-order valence-corrected chi connectivity index (χ0v) is 5.31. The maximum atomic E-state index is 8.24. The van der Waals surface area contributed by atoms with Gasteiger partial charge in [-0.05, 0) is 6.92 Å². The van der Waals surface area contributed by atoms with Gasteiger partial charge in [-0.25, -0.2) is 0 Å². The summed E-state index contributed by atoms with van der Waals surface area (Å²) in [5, 5.41) is 8.24. The highest BCUT2D eigenvalue weighted by molar-refractivity contribution is 4.40. The van der Waals surface area contributed by atoms with Gasteiger partial charge in [0, 0.05) is 6.54 Å².